The van der Waals surface area contributed by atoms with Gasteiger partial charge in [-0.1, -0.05) is 56.7 Å². The summed E-state index contributed by atoms with van der Waals surface area (Å²) in [6.07, 6.45) is 5.09. The Morgan fingerprint density at radius 3 is 2.65 bits per heavy atom. The number of aryl methyl sites for hydroxylation is 1. The summed E-state index contributed by atoms with van der Waals surface area (Å²) in [5.41, 5.74) is 1.41. The van der Waals surface area contributed by atoms with Gasteiger partial charge in [-0.3, -0.25) is 14.4 Å². The highest BCUT2D eigenvalue weighted by atomic mass is 35.5. The number of benzene rings is 1. The Balaban J connectivity index is 1.86. The number of thioether (sulfide) groups is 1. The molecule has 2 bridgehead atoms. The van der Waals surface area contributed by atoms with Crippen LogP contribution in [0.5, 0.6) is 0 Å². The second-order valence-corrected chi connectivity index (χ2v) is 13.6. The normalized spacial score (nSPS) is 29.4. The fourth-order valence-corrected chi connectivity index (χ4v) is 9.81. The van der Waals surface area contributed by atoms with Gasteiger partial charge in [0.25, 0.3) is 5.91 Å². The summed E-state index contributed by atoms with van der Waals surface area (Å²) in [4.78, 5) is 46.0. The molecule has 3 heterocycles. The Hall–Kier alpha value is -2.29. The molecule has 0 saturated carbocycles. The molecule has 7 atom stereocenters. The van der Waals surface area contributed by atoms with Crippen molar-refractivity contribution in [3.63, 3.8) is 0 Å². The third-order valence-corrected chi connectivity index (χ3v) is 11.0. The SMILES string of the molecule is C=CCCOC(=O)[C@@H]1[C@H]2C(=O)N([C@@H](CO)CC(C)C)C(C(=O)N(CC=C)c3c(C)cccc3Cl)C23S[C@@H]1CC3C. The largest absolute Gasteiger partial charge is 0.465 e. The number of rotatable bonds is 12. The van der Waals surface area contributed by atoms with Crippen molar-refractivity contribution in [2.45, 2.75) is 69.0 Å². The summed E-state index contributed by atoms with van der Waals surface area (Å²) in [6.45, 7) is 15.7. The molecular formula is C31H41ClN2O5S. The number of carbonyl (C=O) groups is 3. The lowest BCUT2D eigenvalue weighted by molar-refractivity contribution is -0.155. The first kappa shape index (κ1) is 30.7. The van der Waals surface area contributed by atoms with Crippen LogP contribution in [0.25, 0.3) is 0 Å². The monoisotopic (exact) mass is 588 g/mol. The van der Waals surface area contributed by atoms with Crippen molar-refractivity contribution < 1.29 is 24.2 Å². The number of likely N-dealkylation sites (tertiary alicyclic amines) is 1. The molecule has 1 spiro atoms. The molecule has 0 aromatic heterocycles. The van der Waals surface area contributed by atoms with Crippen molar-refractivity contribution in [3.8, 4) is 0 Å². The number of hydrogen-bond acceptors (Lipinski definition) is 6. The van der Waals surface area contributed by atoms with Crippen LogP contribution in [-0.4, -0.2) is 69.6 Å². The Morgan fingerprint density at radius 1 is 1.32 bits per heavy atom. The van der Waals surface area contributed by atoms with Crippen LogP contribution in [0.4, 0.5) is 5.69 Å². The van der Waals surface area contributed by atoms with E-state index < -0.39 is 34.6 Å². The Labute approximate surface area is 246 Å². The number of para-hydroxylation sites is 1. The number of amides is 2. The molecule has 3 aliphatic heterocycles. The topological polar surface area (TPSA) is 87.1 Å². The Kier molecular flexibility index (Phi) is 9.42. The second-order valence-electron chi connectivity index (χ2n) is 11.7. The minimum atomic E-state index is -0.882. The van der Waals surface area contributed by atoms with E-state index in [1.54, 1.807) is 39.8 Å². The van der Waals surface area contributed by atoms with Crippen molar-refractivity contribution in [1.82, 2.24) is 4.90 Å². The molecule has 3 saturated heterocycles. The van der Waals surface area contributed by atoms with Gasteiger partial charge in [-0.05, 0) is 49.7 Å². The van der Waals surface area contributed by atoms with Crippen molar-refractivity contribution in [2.24, 2.45) is 23.7 Å². The molecule has 1 N–H and O–H groups in total. The number of nitrogens with zero attached hydrogens (tertiary/aromatic N) is 2. The van der Waals surface area contributed by atoms with Crippen LogP contribution in [0.2, 0.25) is 5.02 Å². The third-order valence-electron chi connectivity index (χ3n) is 8.64. The van der Waals surface area contributed by atoms with Gasteiger partial charge in [0.15, 0.2) is 0 Å². The quantitative estimate of drug-likeness (QED) is 0.209. The van der Waals surface area contributed by atoms with E-state index in [0.717, 1.165) is 5.56 Å². The van der Waals surface area contributed by atoms with E-state index in [2.05, 4.69) is 20.1 Å². The van der Waals surface area contributed by atoms with Gasteiger partial charge in [-0.2, -0.15) is 0 Å². The molecule has 3 unspecified atom stereocenters. The summed E-state index contributed by atoms with van der Waals surface area (Å²) in [6, 6.07) is 4.03. The molecule has 40 heavy (non-hydrogen) atoms. The molecule has 3 fully saturated rings. The zero-order valence-electron chi connectivity index (χ0n) is 23.8. The van der Waals surface area contributed by atoms with Gasteiger partial charge in [0.1, 0.15) is 6.04 Å². The van der Waals surface area contributed by atoms with Gasteiger partial charge in [0.2, 0.25) is 5.91 Å². The molecule has 3 aliphatic rings. The number of fused-ring (bicyclic) bond motifs is 1. The van der Waals surface area contributed by atoms with E-state index in [-0.39, 0.29) is 48.7 Å². The minimum Gasteiger partial charge on any atom is -0.465 e. The summed E-state index contributed by atoms with van der Waals surface area (Å²) < 4.78 is 4.77. The summed E-state index contributed by atoms with van der Waals surface area (Å²) in [7, 11) is 0. The molecule has 2 amide bonds. The first-order valence-corrected chi connectivity index (χ1v) is 15.4. The molecule has 9 heteroatoms. The maximum atomic E-state index is 14.9. The molecule has 0 aliphatic carbocycles. The summed E-state index contributed by atoms with van der Waals surface area (Å²) in [5.74, 6) is -2.11. The molecule has 4 rings (SSSR count). The van der Waals surface area contributed by atoms with Crippen molar-refractivity contribution >= 4 is 46.8 Å². The lowest BCUT2D eigenvalue weighted by Gasteiger charge is -2.42. The van der Waals surface area contributed by atoms with E-state index >= 15 is 0 Å². The molecule has 218 valence electrons. The van der Waals surface area contributed by atoms with Crippen LogP contribution >= 0.6 is 23.4 Å². The maximum absolute atomic E-state index is 14.9. The maximum Gasteiger partial charge on any atom is 0.310 e. The van der Waals surface area contributed by atoms with Gasteiger partial charge >= 0.3 is 5.97 Å². The van der Waals surface area contributed by atoms with Crippen LogP contribution in [0.3, 0.4) is 0 Å². The number of aliphatic hydroxyl groups is 1. The highest BCUT2D eigenvalue weighted by Crippen LogP contribution is 2.69. The molecule has 1 aromatic carbocycles. The van der Waals surface area contributed by atoms with Gasteiger partial charge in [-0.25, -0.2) is 0 Å². The van der Waals surface area contributed by atoms with E-state index in [1.165, 1.54) is 0 Å². The average molecular weight is 589 g/mol. The lowest BCUT2D eigenvalue weighted by atomic mass is 9.66. The van der Waals surface area contributed by atoms with Gasteiger partial charge in [-0.15, -0.1) is 24.9 Å². The Morgan fingerprint density at radius 2 is 2.05 bits per heavy atom. The molecular weight excluding hydrogens is 548 g/mol. The number of aliphatic hydroxyl groups excluding tert-OH is 1. The number of esters is 1. The number of halogens is 1. The van der Waals surface area contributed by atoms with Crippen LogP contribution in [-0.2, 0) is 19.1 Å². The zero-order chi connectivity index (χ0) is 29.4. The highest BCUT2D eigenvalue weighted by molar-refractivity contribution is 8.02. The highest BCUT2D eigenvalue weighted by Gasteiger charge is 2.77. The smallest absolute Gasteiger partial charge is 0.310 e. The second kappa shape index (κ2) is 12.3. The standard InChI is InChI=1S/C31H41ClN2O5S/c1-7-9-14-39-30(38)24-23-16-20(6)31(40-23)25(24)28(36)34(21(17-35)15-18(3)4)27(31)29(37)33(13-8-2)26-19(5)11-10-12-22(26)32/h7-8,10-12,18,20-21,23-25,27,35H,1-2,9,13-17H2,3-6H3/t20?,21-,23-,24+,25+,27?,31?/m1/s1. The fraction of sp³-hybridized carbons (Fsp3) is 0.581. The molecule has 0 radical (unpaired) electrons. The fourth-order valence-electron chi connectivity index (χ4n) is 7.09. The first-order valence-electron chi connectivity index (χ1n) is 14.1. The van der Waals surface area contributed by atoms with E-state index in [1.807, 2.05) is 32.9 Å². The van der Waals surface area contributed by atoms with Crippen molar-refractivity contribution in [3.05, 3.63) is 54.1 Å². The van der Waals surface area contributed by atoms with Crippen LogP contribution in [0.1, 0.15) is 45.6 Å². The average Bonchev–Trinajstić information content (AvgIpc) is 3.50. The van der Waals surface area contributed by atoms with Crippen molar-refractivity contribution in [1.29, 1.82) is 0 Å². The molecule has 1 aromatic rings. The van der Waals surface area contributed by atoms with Crippen molar-refractivity contribution in [2.75, 3.05) is 24.7 Å². The van der Waals surface area contributed by atoms with Crippen LogP contribution in [0.15, 0.2) is 43.5 Å². The van der Waals surface area contributed by atoms with E-state index in [4.69, 9.17) is 16.3 Å². The predicted octanol–water partition coefficient (Wildman–Crippen LogP) is 5.03. The lowest BCUT2D eigenvalue weighted by Crippen LogP contribution is -2.59. The van der Waals surface area contributed by atoms with Gasteiger partial charge in [0, 0.05) is 11.8 Å². The van der Waals surface area contributed by atoms with E-state index in [9.17, 15) is 19.5 Å². The zero-order valence-corrected chi connectivity index (χ0v) is 25.4. The van der Waals surface area contributed by atoms with E-state index in [0.29, 0.717) is 30.0 Å². The number of ether oxygens (including phenoxy) is 1. The molecule has 7 nitrogen and oxygen atoms in total. The summed E-state index contributed by atoms with van der Waals surface area (Å²) in [5, 5.41) is 10.9. The minimum absolute atomic E-state index is 0.0102. The first-order chi connectivity index (χ1) is 19.0. The Bertz CT molecular complexity index is 1150. The summed E-state index contributed by atoms with van der Waals surface area (Å²) >= 11 is 8.25. The van der Waals surface area contributed by atoms with Gasteiger partial charge in [0.05, 0.1) is 46.5 Å². The third kappa shape index (κ3) is 5.01. The van der Waals surface area contributed by atoms with Crippen LogP contribution < -0.4 is 4.90 Å². The predicted molar refractivity (Wildman–Crippen MR) is 160 cm³/mol. The number of anilines is 1. The van der Waals surface area contributed by atoms with Crippen LogP contribution in [0, 0.1) is 30.6 Å². The van der Waals surface area contributed by atoms with Gasteiger partial charge < -0.3 is 19.6 Å². The number of hydrogen-bond donors (Lipinski definition) is 1. The number of carbonyl (C=O) groups excluding carboxylic acids is 3.